The van der Waals surface area contributed by atoms with Gasteiger partial charge < -0.3 is 23.9 Å². The zero-order valence-corrected chi connectivity index (χ0v) is 15.8. The van der Waals surface area contributed by atoms with Gasteiger partial charge in [-0.05, 0) is 36.4 Å². The summed E-state index contributed by atoms with van der Waals surface area (Å²) >= 11 is 0. The minimum atomic E-state index is -0.0447. The number of methoxy groups -OCH3 is 2. The van der Waals surface area contributed by atoms with E-state index in [-0.39, 0.29) is 18.2 Å². The molecule has 0 aliphatic carbocycles. The maximum absolute atomic E-state index is 10.0. The second-order valence-corrected chi connectivity index (χ2v) is 5.71. The Bertz CT molecular complexity index is 850. The standard InChI is InChI=1S/C19H20N2O4.ClH/c1-21(2)14-7-5-12(6-8-14)19-20-15(11-25-19)13-9-16(23-3)18(22)17(10-13)24-4;/h5-11,22H,1-4H3;1H. The van der Waals surface area contributed by atoms with Gasteiger partial charge in [0.2, 0.25) is 11.6 Å². The van der Waals surface area contributed by atoms with Gasteiger partial charge in [0.05, 0.1) is 14.2 Å². The van der Waals surface area contributed by atoms with Crippen molar-refractivity contribution >= 4 is 18.1 Å². The minimum Gasteiger partial charge on any atom is -0.502 e. The predicted octanol–water partition coefficient (Wildman–Crippen LogP) is 4.22. The number of nitrogens with zero attached hydrogens (tertiary/aromatic N) is 2. The van der Waals surface area contributed by atoms with Crippen molar-refractivity contribution in [3.63, 3.8) is 0 Å². The van der Waals surface area contributed by atoms with Crippen molar-refractivity contribution in [1.82, 2.24) is 4.98 Å². The number of rotatable bonds is 5. The molecule has 0 aliphatic heterocycles. The largest absolute Gasteiger partial charge is 0.502 e. The van der Waals surface area contributed by atoms with Crippen molar-refractivity contribution in [1.29, 1.82) is 0 Å². The number of phenolic OH excluding ortho intramolecular Hbond substituents is 1. The van der Waals surface area contributed by atoms with Gasteiger partial charge in [-0.25, -0.2) is 4.98 Å². The first-order valence-electron chi connectivity index (χ1n) is 7.72. The Kier molecular flexibility index (Phi) is 6.00. The molecule has 7 heteroatoms. The second-order valence-electron chi connectivity index (χ2n) is 5.71. The third-order valence-electron chi connectivity index (χ3n) is 3.91. The Labute approximate surface area is 158 Å². The highest BCUT2D eigenvalue weighted by atomic mass is 35.5. The van der Waals surface area contributed by atoms with Crippen LogP contribution in [0, 0.1) is 0 Å². The van der Waals surface area contributed by atoms with Crippen LogP contribution in [-0.4, -0.2) is 38.4 Å². The highest BCUT2D eigenvalue weighted by Gasteiger charge is 2.15. The summed E-state index contributed by atoms with van der Waals surface area (Å²) in [4.78, 5) is 6.56. The van der Waals surface area contributed by atoms with Crippen LogP contribution < -0.4 is 14.4 Å². The number of anilines is 1. The SMILES string of the molecule is COc1cc(-c2coc(-c3ccc(N(C)C)cc3)n2)cc(OC)c1O.Cl. The number of aromatic nitrogens is 1. The highest BCUT2D eigenvalue weighted by Crippen LogP contribution is 2.40. The monoisotopic (exact) mass is 376 g/mol. The van der Waals surface area contributed by atoms with E-state index in [1.54, 1.807) is 18.4 Å². The molecule has 2 aromatic carbocycles. The van der Waals surface area contributed by atoms with Crippen LogP contribution in [0.2, 0.25) is 0 Å². The van der Waals surface area contributed by atoms with Crippen molar-refractivity contribution in [3.05, 3.63) is 42.7 Å². The van der Waals surface area contributed by atoms with E-state index in [0.717, 1.165) is 16.8 Å². The molecule has 0 radical (unpaired) electrons. The van der Waals surface area contributed by atoms with E-state index in [1.165, 1.54) is 14.2 Å². The summed E-state index contributed by atoms with van der Waals surface area (Å²) < 4.78 is 16.0. The Hall–Kier alpha value is -2.86. The first-order valence-corrected chi connectivity index (χ1v) is 7.72. The molecule has 1 heterocycles. The van der Waals surface area contributed by atoms with Crippen LogP contribution in [0.25, 0.3) is 22.7 Å². The Balaban J connectivity index is 0.00000243. The maximum Gasteiger partial charge on any atom is 0.226 e. The summed E-state index contributed by atoms with van der Waals surface area (Å²) in [7, 11) is 6.95. The normalized spacial score (nSPS) is 10.2. The number of hydrogen-bond acceptors (Lipinski definition) is 6. The number of ether oxygens (including phenoxy) is 2. The van der Waals surface area contributed by atoms with Gasteiger partial charge in [0, 0.05) is 30.9 Å². The fourth-order valence-corrected chi connectivity index (χ4v) is 2.48. The van der Waals surface area contributed by atoms with E-state index < -0.39 is 0 Å². The molecule has 6 nitrogen and oxygen atoms in total. The van der Waals surface area contributed by atoms with Gasteiger partial charge >= 0.3 is 0 Å². The quantitative estimate of drug-likeness (QED) is 0.719. The van der Waals surface area contributed by atoms with E-state index >= 15 is 0 Å². The zero-order valence-electron chi connectivity index (χ0n) is 15.0. The van der Waals surface area contributed by atoms with E-state index in [2.05, 4.69) is 4.98 Å². The molecule has 3 rings (SSSR count). The average Bonchev–Trinajstić information content (AvgIpc) is 3.12. The van der Waals surface area contributed by atoms with E-state index in [1.807, 2.05) is 43.3 Å². The van der Waals surface area contributed by atoms with Gasteiger partial charge in [0.1, 0.15) is 12.0 Å². The molecule has 0 spiro atoms. The highest BCUT2D eigenvalue weighted by molar-refractivity contribution is 5.85. The molecule has 0 unspecified atom stereocenters. The smallest absolute Gasteiger partial charge is 0.226 e. The molecule has 0 aliphatic rings. The average molecular weight is 377 g/mol. The summed E-state index contributed by atoms with van der Waals surface area (Å²) in [5.41, 5.74) is 3.34. The Morgan fingerprint density at radius 3 is 2.04 bits per heavy atom. The lowest BCUT2D eigenvalue weighted by Gasteiger charge is -2.11. The molecule has 0 atom stereocenters. The molecule has 138 valence electrons. The van der Waals surface area contributed by atoms with Crippen molar-refractivity contribution < 1.29 is 19.0 Å². The van der Waals surface area contributed by atoms with Gasteiger partial charge in [-0.2, -0.15) is 0 Å². The first-order chi connectivity index (χ1) is 12.0. The topological polar surface area (TPSA) is 68.0 Å². The summed E-state index contributed by atoms with van der Waals surface area (Å²) in [5, 5.41) is 10.0. The fraction of sp³-hybridized carbons (Fsp3) is 0.211. The van der Waals surface area contributed by atoms with Gasteiger partial charge in [0.25, 0.3) is 0 Å². The van der Waals surface area contributed by atoms with Gasteiger partial charge in [-0.3, -0.25) is 0 Å². The minimum absolute atomic E-state index is 0. The van der Waals surface area contributed by atoms with E-state index in [4.69, 9.17) is 13.9 Å². The van der Waals surface area contributed by atoms with Gasteiger partial charge in [0.15, 0.2) is 11.5 Å². The van der Waals surface area contributed by atoms with Crippen LogP contribution in [0.4, 0.5) is 5.69 Å². The molecular formula is C19H21ClN2O4. The first kappa shape index (κ1) is 19.5. The van der Waals surface area contributed by atoms with Crippen LogP contribution in [0.3, 0.4) is 0 Å². The van der Waals surface area contributed by atoms with Crippen molar-refractivity contribution in [2.24, 2.45) is 0 Å². The molecule has 0 saturated carbocycles. The van der Waals surface area contributed by atoms with Gasteiger partial charge in [-0.15, -0.1) is 12.4 Å². The van der Waals surface area contributed by atoms with Crippen LogP contribution in [-0.2, 0) is 0 Å². The van der Waals surface area contributed by atoms with E-state index in [0.29, 0.717) is 23.1 Å². The molecule has 3 aromatic rings. The molecule has 0 amide bonds. The fourth-order valence-electron chi connectivity index (χ4n) is 2.48. The van der Waals surface area contributed by atoms with Gasteiger partial charge in [-0.1, -0.05) is 0 Å². The number of phenols is 1. The number of hydrogen-bond donors (Lipinski definition) is 1. The molecular weight excluding hydrogens is 356 g/mol. The third-order valence-corrected chi connectivity index (χ3v) is 3.91. The molecule has 0 saturated heterocycles. The van der Waals surface area contributed by atoms with E-state index in [9.17, 15) is 5.11 Å². The van der Waals surface area contributed by atoms with Crippen LogP contribution in [0.1, 0.15) is 0 Å². The molecule has 26 heavy (non-hydrogen) atoms. The number of halogens is 1. The van der Waals surface area contributed by atoms with Crippen molar-refractivity contribution in [3.8, 4) is 40.0 Å². The lowest BCUT2D eigenvalue weighted by atomic mass is 10.1. The van der Waals surface area contributed by atoms with Crippen molar-refractivity contribution in [2.45, 2.75) is 0 Å². The molecule has 1 aromatic heterocycles. The number of oxazole rings is 1. The Morgan fingerprint density at radius 2 is 1.54 bits per heavy atom. The Morgan fingerprint density at radius 1 is 0.962 bits per heavy atom. The third kappa shape index (κ3) is 3.70. The predicted molar refractivity (Wildman–Crippen MR) is 104 cm³/mol. The second kappa shape index (κ2) is 8.01. The van der Waals surface area contributed by atoms with Crippen LogP contribution >= 0.6 is 12.4 Å². The molecule has 1 N–H and O–H groups in total. The maximum atomic E-state index is 10.0. The van der Waals surface area contributed by atoms with Crippen molar-refractivity contribution in [2.75, 3.05) is 33.2 Å². The lowest BCUT2D eigenvalue weighted by Crippen LogP contribution is -2.07. The summed E-state index contributed by atoms with van der Waals surface area (Å²) in [6.07, 6.45) is 1.57. The molecule has 0 bridgehead atoms. The summed E-state index contributed by atoms with van der Waals surface area (Å²) in [6.45, 7) is 0. The zero-order chi connectivity index (χ0) is 18.0. The van der Waals surface area contributed by atoms with Crippen LogP contribution in [0.5, 0.6) is 17.2 Å². The summed E-state index contributed by atoms with van der Waals surface area (Å²) in [5.74, 6) is 1.10. The lowest BCUT2D eigenvalue weighted by molar-refractivity contribution is 0.340. The van der Waals surface area contributed by atoms with Crippen LogP contribution in [0.15, 0.2) is 47.1 Å². The molecule has 0 fully saturated rings. The summed E-state index contributed by atoms with van der Waals surface area (Å²) in [6, 6.07) is 11.3. The number of benzene rings is 2. The number of aromatic hydroxyl groups is 1.